The van der Waals surface area contributed by atoms with Crippen molar-refractivity contribution in [3.8, 4) is 5.75 Å². The highest BCUT2D eigenvalue weighted by Crippen LogP contribution is 2.34. The van der Waals surface area contributed by atoms with Crippen molar-refractivity contribution in [2.45, 2.75) is 26.3 Å². The third kappa shape index (κ3) is 3.92. The van der Waals surface area contributed by atoms with Gasteiger partial charge in [0.05, 0.1) is 11.5 Å². The molecule has 2 rings (SSSR count). The van der Waals surface area contributed by atoms with Crippen molar-refractivity contribution in [2.75, 3.05) is 6.61 Å². The topological polar surface area (TPSA) is 66.8 Å². The monoisotopic (exact) mass is 351 g/mol. The van der Waals surface area contributed by atoms with Crippen LogP contribution in [0.25, 0.3) is 6.08 Å². The molecule has 1 aromatic rings. The van der Waals surface area contributed by atoms with Crippen molar-refractivity contribution < 1.29 is 19.4 Å². The van der Waals surface area contributed by atoms with Crippen molar-refractivity contribution >= 4 is 46.3 Å². The first-order valence-electron chi connectivity index (χ1n) is 7.20. The fraction of sp³-hybridized carbons (Fsp3) is 0.312. The minimum absolute atomic E-state index is 0.279. The lowest BCUT2D eigenvalue weighted by molar-refractivity contribution is -0.145. The van der Waals surface area contributed by atoms with E-state index in [0.717, 1.165) is 23.1 Å². The molecule has 0 radical (unpaired) electrons. The molecule has 1 atom stereocenters. The standard InChI is InChI=1S/C16H17NO4S2/c1-3-12(15(19)20)17-14(18)13(23-16(17)22)9-10-5-7-11(8-6-10)21-4-2/h5-9,12H,3-4H2,1-2H3,(H,19,20)/b13-9-. The van der Waals surface area contributed by atoms with Gasteiger partial charge in [-0.1, -0.05) is 43.0 Å². The number of carbonyl (C=O) groups excluding carboxylic acids is 1. The van der Waals surface area contributed by atoms with Gasteiger partial charge in [-0.2, -0.15) is 0 Å². The summed E-state index contributed by atoms with van der Waals surface area (Å²) in [6.45, 7) is 4.21. The first-order valence-corrected chi connectivity index (χ1v) is 8.43. The van der Waals surface area contributed by atoms with Gasteiger partial charge in [-0.25, -0.2) is 4.79 Å². The summed E-state index contributed by atoms with van der Waals surface area (Å²) < 4.78 is 5.65. The molecular weight excluding hydrogens is 334 g/mol. The molecule has 5 nitrogen and oxygen atoms in total. The summed E-state index contributed by atoms with van der Waals surface area (Å²) in [5, 5.41) is 9.23. The number of carboxylic acid groups (broad SMARTS) is 1. The van der Waals surface area contributed by atoms with E-state index >= 15 is 0 Å². The summed E-state index contributed by atoms with van der Waals surface area (Å²) in [5.74, 6) is -0.650. The first kappa shape index (κ1) is 17.5. The molecule has 1 amide bonds. The molecule has 1 saturated heterocycles. The maximum Gasteiger partial charge on any atom is 0.326 e. The maximum absolute atomic E-state index is 12.5. The molecule has 1 N–H and O–H groups in total. The quantitative estimate of drug-likeness (QED) is 0.627. The zero-order chi connectivity index (χ0) is 17.0. The highest BCUT2D eigenvalue weighted by molar-refractivity contribution is 8.26. The van der Waals surface area contributed by atoms with Crippen LogP contribution >= 0.6 is 24.0 Å². The van der Waals surface area contributed by atoms with E-state index < -0.39 is 12.0 Å². The van der Waals surface area contributed by atoms with Gasteiger partial charge >= 0.3 is 5.97 Å². The number of benzene rings is 1. The minimum Gasteiger partial charge on any atom is -0.494 e. The molecule has 1 aliphatic heterocycles. The normalized spacial score (nSPS) is 17.7. The van der Waals surface area contributed by atoms with Crippen LogP contribution in [0.3, 0.4) is 0 Å². The lowest BCUT2D eigenvalue weighted by Crippen LogP contribution is -2.43. The van der Waals surface area contributed by atoms with Gasteiger partial charge in [0.25, 0.3) is 5.91 Å². The van der Waals surface area contributed by atoms with Gasteiger partial charge < -0.3 is 9.84 Å². The second-order valence-electron chi connectivity index (χ2n) is 4.82. The Bertz CT molecular complexity index is 655. The fourth-order valence-corrected chi connectivity index (χ4v) is 3.55. The Kier molecular flexibility index (Phi) is 5.79. The van der Waals surface area contributed by atoms with Gasteiger partial charge in [-0.15, -0.1) is 0 Å². The highest BCUT2D eigenvalue weighted by atomic mass is 32.2. The van der Waals surface area contributed by atoms with Crippen LogP contribution in [0.5, 0.6) is 5.75 Å². The number of hydrogen-bond acceptors (Lipinski definition) is 5. The molecule has 1 unspecified atom stereocenters. The largest absolute Gasteiger partial charge is 0.494 e. The van der Waals surface area contributed by atoms with Crippen molar-refractivity contribution in [3.63, 3.8) is 0 Å². The van der Waals surface area contributed by atoms with Gasteiger partial charge in [0.1, 0.15) is 16.1 Å². The Labute approximate surface area is 144 Å². The number of aliphatic carboxylic acids is 1. The van der Waals surface area contributed by atoms with Crippen LogP contribution in [0.2, 0.25) is 0 Å². The molecule has 7 heteroatoms. The SMILES string of the molecule is CCOc1ccc(/C=C2\SC(=S)N(C(CC)C(=O)O)C2=O)cc1. The van der Waals surface area contributed by atoms with Crippen molar-refractivity contribution in [1.29, 1.82) is 0 Å². The van der Waals surface area contributed by atoms with Crippen molar-refractivity contribution in [1.82, 2.24) is 4.90 Å². The van der Waals surface area contributed by atoms with Gasteiger partial charge in [0.2, 0.25) is 0 Å². The van der Waals surface area contributed by atoms with E-state index in [1.165, 1.54) is 4.90 Å². The summed E-state index contributed by atoms with van der Waals surface area (Å²) in [7, 11) is 0. The number of nitrogens with zero attached hydrogens (tertiary/aromatic N) is 1. The zero-order valence-electron chi connectivity index (χ0n) is 12.8. The Morgan fingerprint density at radius 3 is 2.57 bits per heavy atom. The van der Waals surface area contributed by atoms with Crippen LogP contribution in [-0.2, 0) is 9.59 Å². The number of rotatable bonds is 6. The number of thioether (sulfide) groups is 1. The van der Waals surface area contributed by atoms with Gasteiger partial charge in [0.15, 0.2) is 0 Å². The molecule has 1 aromatic carbocycles. The number of hydrogen-bond donors (Lipinski definition) is 1. The maximum atomic E-state index is 12.5. The average molecular weight is 351 g/mol. The first-order chi connectivity index (χ1) is 11.0. The summed E-state index contributed by atoms with van der Waals surface area (Å²) in [5.41, 5.74) is 0.831. The van der Waals surface area contributed by atoms with E-state index in [1.807, 2.05) is 31.2 Å². The summed E-state index contributed by atoms with van der Waals surface area (Å²) in [6.07, 6.45) is 2.02. The average Bonchev–Trinajstić information content (AvgIpc) is 2.78. The van der Waals surface area contributed by atoms with Crippen LogP contribution in [0.15, 0.2) is 29.2 Å². The molecule has 0 saturated carbocycles. The number of amides is 1. The molecule has 0 aliphatic carbocycles. The van der Waals surface area contributed by atoms with Gasteiger partial charge in [-0.3, -0.25) is 9.69 Å². The van der Waals surface area contributed by atoms with Crippen LogP contribution in [0, 0.1) is 0 Å². The zero-order valence-corrected chi connectivity index (χ0v) is 14.4. The lowest BCUT2D eigenvalue weighted by atomic mass is 10.1. The van der Waals surface area contributed by atoms with E-state index in [1.54, 1.807) is 13.0 Å². The number of carboxylic acids is 1. The second-order valence-corrected chi connectivity index (χ2v) is 6.49. The Balaban J connectivity index is 2.22. The molecule has 1 aliphatic rings. The molecular formula is C16H17NO4S2. The predicted octanol–water partition coefficient (Wildman–Crippen LogP) is 3.15. The Morgan fingerprint density at radius 2 is 2.04 bits per heavy atom. The Hall–Kier alpha value is -1.86. The number of carbonyl (C=O) groups is 2. The van der Waals surface area contributed by atoms with E-state index in [9.17, 15) is 14.7 Å². The van der Waals surface area contributed by atoms with Crippen LogP contribution in [0.4, 0.5) is 0 Å². The molecule has 122 valence electrons. The predicted molar refractivity (Wildman–Crippen MR) is 94.3 cm³/mol. The van der Waals surface area contributed by atoms with E-state index in [4.69, 9.17) is 17.0 Å². The third-order valence-corrected chi connectivity index (χ3v) is 4.63. The molecule has 0 bridgehead atoms. The highest BCUT2D eigenvalue weighted by Gasteiger charge is 2.39. The number of thiocarbonyl (C=S) groups is 1. The van der Waals surface area contributed by atoms with E-state index in [2.05, 4.69) is 0 Å². The molecule has 23 heavy (non-hydrogen) atoms. The van der Waals surface area contributed by atoms with Crippen molar-refractivity contribution in [2.24, 2.45) is 0 Å². The smallest absolute Gasteiger partial charge is 0.326 e. The second kappa shape index (κ2) is 7.61. The summed E-state index contributed by atoms with van der Waals surface area (Å²) in [6, 6.07) is 6.40. The molecule has 0 aromatic heterocycles. The minimum atomic E-state index is -1.05. The van der Waals surface area contributed by atoms with Gasteiger partial charge in [-0.05, 0) is 37.1 Å². The van der Waals surface area contributed by atoms with Crippen LogP contribution in [-0.4, -0.2) is 38.9 Å². The third-order valence-electron chi connectivity index (χ3n) is 3.30. The van der Waals surface area contributed by atoms with Gasteiger partial charge in [0, 0.05) is 0 Å². The number of ether oxygens (including phenoxy) is 1. The molecule has 1 fully saturated rings. The Morgan fingerprint density at radius 1 is 1.39 bits per heavy atom. The lowest BCUT2D eigenvalue weighted by Gasteiger charge is -2.21. The van der Waals surface area contributed by atoms with E-state index in [-0.39, 0.29) is 10.2 Å². The van der Waals surface area contributed by atoms with Crippen LogP contribution < -0.4 is 4.74 Å². The fourth-order valence-electron chi connectivity index (χ4n) is 2.19. The van der Waals surface area contributed by atoms with Crippen LogP contribution in [0.1, 0.15) is 25.8 Å². The molecule has 0 spiro atoms. The van der Waals surface area contributed by atoms with E-state index in [0.29, 0.717) is 17.9 Å². The summed E-state index contributed by atoms with van der Waals surface area (Å²) in [4.78, 5) is 25.3. The summed E-state index contributed by atoms with van der Waals surface area (Å²) >= 11 is 6.30. The molecule has 1 heterocycles. The van der Waals surface area contributed by atoms with Crippen molar-refractivity contribution in [3.05, 3.63) is 34.7 Å².